The van der Waals surface area contributed by atoms with Crippen LogP contribution in [0.4, 0.5) is 4.53 Å². The molecule has 0 aromatic rings. The first kappa shape index (κ1) is 18.5. The van der Waals surface area contributed by atoms with Gasteiger partial charge in [0, 0.05) is 0 Å². The number of hydrogen-bond acceptors (Lipinski definition) is 4. The molecular weight excluding hydrogens is 221 g/mol. The molecule has 82 valence electrons. The van der Waals surface area contributed by atoms with Crippen LogP contribution in [-0.2, 0) is 25.4 Å². The van der Waals surface area contributed by atoms with Crippen LogP contribution in [0.3, 0.4) is 0 Å². The van der Waals surface area contributed by atoms with Crippen LogP contribution in [0.1, 0.15) is 20.8 Å². The molecule has 0 heterocycles. The molecule has 0 bridgehead atoms. The van der Waals surface area contributed by atoms with Gasteiger partial charge in [0.25, 0.3) is 0 Å². The van der Waals surface area contributed by atoms with Crippen LogP contribution in [0.25, 0.3) is 0 Å². The van der Waals surface area contributed by atoms with Crippen LogP contribution in [0, 0.1) is 0 Å². The second kappa shape index (κ2) is 17.8. The van der Waals surface area contributed by atoms with Crippen molar-refractivity contribution in [1.29, 1.82) is 0 Å². The zero-order valence-corrected chi connectivity index (χ0v) is 9.32. The van der Waals surface area contributed by atoms with Gasteiger partial charge in [-0.1, -0.05) is 0 Å². The Bertz CT molecular complexity index is 152. The normalized spacial score (nSPS) is 7.85. The van der Waals surface area contributed by atoms with E-state index in [4.69, 9.17) is 21.2 Å². The number of nitrogens with one attached hydrogen (secondary N) is 1. The van der Waals surface area contributed by atoms with Gasteiger partial charge < -0.3 is 14.7 Å². The Morgan fingerprint density at radius 1 is 1.00 bits per heavy atom. The average Bonchev–Trinajstić information content (AvgIpc) is 2.10. The Morgan fingerprint density at radius 2 is 1.15 bits per heavy atom. The summed E-state index contributed by atoms with van der Waals surface area (Å²) < 4.78 is 33.9. The van der Waals surface area contributed by atoms with Crippen molar-refractivity contribution in [1.82, 2.24) is 0 Å². The molecule has 0 spiro atoms. The van der Waals surface area contributed by atoms with E-state index in [1.165, 1.54) is 19.6 Å². The predicted molar refractivity (Wildman–Crippen MR) is 35.8 cm³/mol. The summed E-state index contributed by atoms with van der Waals surface area (Å²) in [5.41, 5.74) is 0. The Balaban J connectivity index is -0.000000142. The van der Waals surface area contributed by atoms with Crippen molar-refractivity contribution in [2.45, 2.75) is 20.8 Å². The first-order chi connectivity index (χ1) is 6.08. The summed E-state index contributed by atoms with van der Waals surface area (Å²) in [6, 6.07) is 0. The van der Waals surface area contributed by atoms with Crippen LogP contribution in [-0.4, -0.2) is 19.6 Å². The summed E-state index contributed by atoms with van der Waals surface area (Å²) in [4.78, 5) is 1.68. The maximum atomic E-state index is 8.54. The van der Waals surface area contributed by atoms with Gasteiger partial charge in [-0.15, -0.1) is 0 Å². The van der Waals surface area contributed by atoms with Gasteiger partial charge in [-0.2, -0.15) is 0 Å². The Hall–Kier alpha value is -0.218. The van der Waals surface area contributed by atoms with E-state index in [1.54, 1.807) is 4.90 Å². The molecule has 7 heteroatoms. The quantitative estimate of drug-likeness (QED) is 0.669. The van der Waals surface area contributed by atoms with Crippen LogP contribution >= 0.6 is 0 Å². The van der Waals surface area contributed by atoms with Crippen molar-refractivity contribution in [2.75, 3.05) is 19.6 Å². The van der Waals surface area contributed by atoms with Crippen LogP contribution in [0.15, 0.2) is 0 Å². The molecule has 13 heavy (non-hydrogen) atoms. The van der Waals surface area contributed by atoms with Gasteiger partial charge in [-0.3, -0.25) is 0 Å². The molecule has 0 radical (unpaired) electrons. The minimum absolute atomic E-state index is 1.27. The summed E-state index contributed by atoms with van der Waals surface area (Å²) in [6.07, 6.45) is 0. The third-order valence-electron chi connectivity index (χ3n) is 1.50. The first-order valence-electron chi connectivity index (χ1n) is 3.84. The predicted octanol–water partition coefficient (Wildman–Crippen LogP) is -1.20. The third-order valence-corrected chi connectivity index (χ3v) is 1.50. The Morgan fingerprint density at radius 3 is 1.15 bits per heavy atom. The number of quaternary nitrogens is 1. The van der Waals surface area contributed by atoms with Crippen LogP contribution < -0.4 is 10.2 Å². The summed E-state index contributed by atoms with van der Waals surface area (Å²) in [5, 5.41) is 6.75. The molecular formula is C6H16CrFNO4. The van der Waals surface area contributed by atoms with Gasteiger partial charge >= 0.3 is 25.4 Å². The van der Waals surface area contributed by atoms with Crippen molar-refractivity contribution >= 4 is 0 Å². The van der Waals surface area contributed by atoms with Crippen molar-refractivity contribution < 1.29 is 40.1 Å². The first-order valence-corrected chi connectivity index (χ1v) is 5.40. The standard InChI is InChI=1S/C6H15N.Cr.FO.3O/c1-4-7(5-2)6-3;;1-2;;;/h4-6H2,1-3H3;;;;;/q;;-1;;;/p+1. The van der Waals surface area contributed by atoms with E-state index < -0.39 is 14.0 Å². The fraction of sp³-hybridized carbons (Fsp3) is 1.00. The van der Waals surface area contributed by atoms with Gasteiger partial charge in [0.15, 0.2) is 0 Å². The molecule has 0 aliphatic carbocycles. The van der Waals surface area contributed by atoms with E-state index >= 15 is 0 Å². The van der Waals surface area contributed by atoms with Gasteiger partial charge in [0.05, 0.1) is 19.6 Å². The summed E-state index contributed by atoms with van der Waals surface area (Å²) in [6.45, 7) is 10.5. The second-order valence-corrected chi connectivity index (χ2v) is 2.65. The van der Waals surface area contributed by atoms with E-state index in [0.29, 0.717) is 0 Å². The monoisotopic (exact) mass is 237 g/mol. The Kier molecular flexibility index (Phi) is 25.3. The van der Waals surface area contributed by atoms with Crippen LogP contribution in [0.5, 0.6) is 0 Å². The van der Waals surface area contributed by atoms with E-state index in [-0.39, 0.29) is 0 Å². The van der Waals surface area contributed by atoms with Crippen molar-refractivity contribution in [3.63, 3.8) is 0 Å². The molecule has 5 nitrogen and oxygen atoms in total. The number of rotatable bonds is 3. The molecule has 0 rings (SSSR count). The van der Waals surface area contributed by atoms with Gasteiger partial charge in [-0.25, -0.2) is 0 Å². The molecule has 0 unspecified atom stereocenters. The van der Waals surface area contributed by atoms with Crippen molar-refractivity contribution in [3.05, 3.63) is 0 Å². The molecule has 0 aliphatic rings. The third kappa shape index (κ3) is 33.7. The summed E-state index contributed by atoms with van der Waals surface area (Å²) in [7, 11) is 0. The summed E-state index contributed by atoms with van der Waals surface area (Å²) in [5.74, 6) is 0. The zero-order valence-electron chi connectivity index (χ0n) is 8.04. The van der Waals surface area contributed by atoms with E-state index in [2.05, 4.69) is 20.8 Å². The van der Waals surface area contributed by atoms with Crippen molar-refractivity contribution in [3.8, 4) is 0 Å². The molecule has 0 aromatic heterocycles. The Labute approximate surface area is 81.1 Å². The topological polar surface area (TPSA) is 78.7 Å². The molecule has 0 fully saturated rings. The van der Waals surface area contributed by atoms with E-state index in [9.17, 15) is 0 Å². The SMILES string of the molecule is CC[NH+](CC)CC.[O-]F.[O]=[Cr](=[O])=[O]. The molecule has 0 amide bonds. The van der Waals surface area contributed by atoms with Crippen molar-refractivity contribution in [2.24, 2.45) is 0 Å². The molecule has 1 N–H and O–H groups in total. The van der Waals surface area contributed by atoms with E-state index in [1.807, 2.05) is 0 Å². The fourth-order valence-electron chi connectivity index (χ4n) is 0.750. The minimum atomic E-state index is -3.79. The van der Waals surface area contributed by atoms with Gasteiger partial charge in [0.2, 0.25) is 0 Å². The maximum absolute atomic E-state index is 8.54. The molecule has 0 aliphatic heterocycles. The molecule has 0 atom stereocenters. The number of hydrogen-bond donors (Lipinski definition) is 1. The number of halogens is 1. The molecule has 0 saturated carbocycles. The van der Waals surface area contributed by atoms with Crippen LogP contribution in [0.2, 0.25) is 0 Å². The van der Waals surface area contributed by atoms with Gasteiger partial charge in [-0.05, 0) is 20.8 Å². The zero-order chi connectivity index (χ0) is 11.3. The average molecular weight is 237 g/mol. The van der Waals surface area contributed by atoms with Gasteiger partial charge in [0.1, 0.15) is 0 Å². The molecule has 0 aromatic carbocycles. The molecule has 0 saturated heterocycles. The summed E-state index contributed by atoms with van der Waals surface area (Å²) >= 11 is -3.79. The van der Waals surface area contributed by atoms with E-state index in [0.717, 1.165) is 0 Å². The second-order valence-electron chi connectivity index (χ2n) is 2.01. The fourth-order valence-corrected chi connectivity index (χ4v) is 0.750.